The van der Waals surface area contributed by atoms with Crippen LogP contribution in [0.1, 0.15) is 5.56 Å². The Labute approximate surface area is 167 Å². The number of nitrogens with zero attached hydrogens (tertiary/aromatic N) is 2. The second kappa shape index (κ2) is 9.46. The topological polar surface area (TPSA) is 46.5 Å². The number of nitrogens with one attached hydrogen (secondary N) is 1. The summed E-state index contributed by atoms with van der Waals surface area (Å²) < 4.78 is 10.6. The second-order valence-electron chi connectivity index (χ2n) is 7.22. The average molecular weight is 385 g/mol. The maximum Gasteiger partial charge on any atom is 0.277 e. The van der Waals surface area contributed by atoms with Gasteiger partial charge in [0.05, 0.1) is 40.4 Å². The molecule has 1 N–H and O–H groups in total. The van der Waals surface area contributed by atoms with Crippen molar-refractivity contribution < 1.29 is 19.2 Å². The molecule has 0 radical (unpaired) electrons. The fraction of sp³-hybridized carbons (Fsp3) is 0.409. The number of benzene rings is 2. The van der Waals surface area contributed by atoms with Crippen molar-refractivity contribution in [3.8, 4) is 11.5 Å². The summed E-state index contributed by atoms with van der Waals surface area (Å²) in [5.41, 5.74) is 2.26. The molecule has 1 aliphatic heterocycles. The van der Waals surface area contributed by atoms with E-state index in [4.69, 9.17) is 9.47 Å². The highest BCUT2D eigenvalue weighted by molar-refractivity contribution is 5.76. The average Bonchev–Trinajstić information content (AvgIpc) is 2.74. The minimum absolute atomic E-state index is 0.174. The van der Waals surface area contributed by atoms with E-state index < -0.39 is 0 Å². The van der Waals surface area contributed by atoms with Crippen LogP contribution >= 0.6 is 0 Å². The first-order valence-electron chi connectivity index (χ1n) is 9.68. The number of likely N-dealkylation sites (N-methyl/N-ethyl adjacent to an activating group) is 1. The summed E-state index contributed by atoms with van der Waals surface area (Å²) in [7, 11) is 5.21. The molecule has 28 heavy (non-hydrogen) atoms. The van der Waals surface area contributed by atoms with Crippen molar-refractivity contribution in [2.45, 2.75) is 6.54 Å². The van der Waals surface area contributed by atoms with Gasteiger partial charge in [0.2, 0.25) is 0 Å². The molecule has 0 spiro atoms. The zero-order chi connectivity index (χ0) is 19.9. The molecule has 1 heterocycles. The smallest absolute Gasteiger partial charge is 0.277 e. The Morgan fingerprint density at radius 2 is 1.68 bits per heavy atom. The summed E-state index contributed by atoms with van der Waals surface area (Å²) >= 11 is 0. The lowest BCUT2D eigenvalue weighted by Crippen LogP contribution is -3.15. The van der Waals surface area contributed by atoms with Crippen molar-refractivity contribution in [2.24, 2.45) is 0 Å². The van der Waals surface area contributed by atoms with Gasteiger partial charge < -0.3 is 24.2 Å². The lowest BCUT2D eigenvalue weighted by atomic mass is 10.2. The first kappa shape index (κ1) is 20.0. The Hall–Kier alpha value is -2.73. The minimum Gasteiger partial charge on any atom is -0.497 e. The van der Waals surface area contributed by atoms with Crippen molar-refractivity contribution >= 4 is 11.6 Å². The van der Waals surface area contributed by atoms with Gasteiger partial charge >= 0.3 is 0 Å². The number of piperazine rings is 1. The molecule has 2 aromatic carbocycles. The summed E-state index contributed by atoms with van der Waals surface area (Å²) in [6, 6.07) is 16.0. The number of amides is 1. The predicted molar refractivity (Wildman–Crippen MR) is 110 cm³/mol. The van der Waals surface area contributed by atoms with Crippen LogP contribution in [0.4, 0.5) is 5.69 Å². The molecule has 0 bridgehead atoms. The monoisotopic (exact) mass is 384 g/mol. The van der Waals surface area contributed by atoms with Gasteiger partial charge in [-0.15, -0.1) is 0 Å². The number of hydrogen-bond acceptors (Lipinski definition) is 4. The third-order valence-electron chi connectivity index (χ3n) is 5.27. The minimum atomic E-state index is 0.174. The summed E-state index contributed by atoms with van der Waals surface area (Å²) in [6.45, 7) is 4.92. The van der Waals surface area contributed by atoms with E-state index in [-0.39, 0.29) is 5.91 Å². The highest BCUT2D eigenvalue weighted by Gasteiger charge is 2.24. The van der Waals surface area contributed by atoms with Crippen LogP contribution < -0.4 is 19.3 Å². The molecule has 0 aliphatic carbocycles. The van der Waals surface area contributed by atoms with Gasteiger partial charge in [0, 0.05) is 25.3 Å². The van der Waals surface area contributed by atoms with Gasteiger partial charge in [-0.05, 0) is 29.8 Å². The molecule has 0 atom stereocenters. The lowest BCUT2D eigenvalue weighted by Gasteiger charge is -2.34. The van der Waals surface area contributed by atoms with Crippen molar-refractivity contribution in [1.82, 2.24) is 4.90 Å². The number of carbonyl (C=O) groups is 1. The van der Waals surface area contributed by atoms with E-state index in [1.54, 1.807) is 19.1 Å². The van der Waals surface area contributed by atoms with Crippen molar-refractivity contribution in [1.29, 1.82) is 0 Å². The summed E-state index contributed by atoms with van der Waals surface area (Å²) in [6.07, 6.45) is 0. The van der Waals surface area contributed by atoms with Crippen LogP contribution in [0.2, 0.25) is 0 Å². The zero-order valence-electron chi connectivity index (χ0n) is 17.0. The third kappa shape index (κ3) is 5.16. The molecule has 1 saturated heterocycles. The number of hydrogen-bond donors (Lipinski definition) is 1. The Kier molecular flexibility index (Phi) is 6.76. The fourth-order valence-electron chi connectivity index (χ4n) is 3.55. The van der Waals surface area contributed by atoms with Crippen LogP contribution in [-0.2, 0) is 11.3 Å². The molecular weight excluding hydrogens is 354 g/mol. The molecule has 0 saturated carbocycles. The number of rotatable bonds is 7. The normalized spacial score (nSPS) is 14.6. The van der Waals surface area contributed by atoms with Gasteiger partial charge in [-0.3, -0.25) is 4.79 Å². The lowest BCUT2D eigenvalue weighted by molar-refractivity contribution is -0.892. The largest absolute Gasteiger partial charge is 0.497 e. The van der Waals surface area contributed by atoms with E-state index in [0.717, 1.165) is 43.2 Å². The van der Waals surface area contributed by atoms with Gasteiger partial charge in [-0.2, -0.15) is 0 Å². The molecule has 1 fully saturated rings. The highest BCUT2D eigenvalue weighted by Crippen LogP contribution is 2.20. The Bertz CT molecular complexity index is 788. The third-order valence-corrected chi connectivity index (χ3v) is 5.27. The molecular formula is C22H30N3O3+. The molecule has 150 valence electrons. The standard InChI is InChI=1S/C22H29N3O3/c1-23(16-18-6-4-8-20(14-18)27-2)22(26)17-24-10-12-25(13-11-24)19-7-5-9-21(15-19)28-3/h4-9,14-15H,10-13,16-17H2,1-3H3/p+1. The quantitative estimate of drug-likeness (QED) is 0.776. The van der Waals surface area contributed by atoms with Crippen molar-refractivity contribution in [2.75, 3.05) is 58.9 Å². The van der Waals surface area contributed by atoms with Crippen LogP contribution in [0, 0.1) is 0 Å². The molecule has 3 rings (SSSR count). The van der Waals surface area contributed by atoms with Crippen LogP contribution in [-0.4, -0.2) is 64.8 Å². The molecule has 6 heteroatoms. The summed E-state index contributed by atoms with van der Waals surface area (Å²) in [5.74, 6) is 1.87. The first-order valence-corrected chi connectivity index (χ1v) is 9.68. The highest BCUT2D eigenvalue weighted by atomic mass is 16.5. The Balaban J connectivity index is 1.48. The molecule has 1 aliphatic rings. The van der Waals surface area contributed by atoms with E-state index in [9.17, 15) is 4.79 Å². The number of anilines is 1. The number of quaternary nitrogens is 1. The maximum atomic E-state index is 12.6. The molecule has 6 nitrogen and oxygen atoms in total. The van der Waals surface area contributed by atoms with Crippen LogP contribution in [0.25, 0.3) is 0 Å². The molecule has 1 amide bonds. The SMILES string of the molecule is COc1cccc(CN(C)C(=O)C[NH+]2CCN(c3cccc(OC)c3)CC2)c1. The molecule has 0 aromatic heterocycles. The molecule has 0 unspecified atom stereocenters. The predicted octanol–water partition coefficient (Wildman–Crippen LogP) is 1.07. The number of carbonyl (C=O) groups excluding carboxylic acids is 1. The summed E-state index contributed by atoms with van der Waals surface area (Å²) in [5, 5.41) is 0. The Morgan fingerprint density at radius 1 is 1.04 bits per heavy atom. The summed E-state index contributed by atoms with van der Waals surface area (Å²) in [4.78, 5) is 18.1. The van der Waals surface area contributed by atoms with E-state index >= 15 is 0 Å². The van der Waals surface area contributed by atoms with Crippen LogP contribution in [0.5, 0.6) is 11.5 Å². The van der Waals surface area contributed by atoms with Crippen LogP contribution in [0.3, 0.4) is 0 Å². The fourth-order valence-corrected chi connectivity index (χ4v) is 3.55. The van der Waals surface area contributed by atoms with Crippen molar-refractivity contribution in [3.63, 3.8) is 0 Å². The number of methoxy groups -OCH3 is 2. The van der Waals surface area contributed by atoms with Gasteiger partial charge in [0.25, 0.3) is 5.91 Å². The van der Waals surface area contributed by atoms with Gasteiger partial charge in [-0.1, -0.05) is 18.2 Å². The van der Waals surface area contributed by atoms with E-state index in [2.05, 4.69) is 17.0 Å². The van der Waals surface area contributed by atoms with Gasteiger partial charge in [0.1, 0.15) is 11.5 Å². The maximum absolute atomic E-state index is 12.6. The molecule has 2 aromatic rings. The zero-order valence-corrected chi connectivity index (χ0v) is 17.0. The van der Waals surface area contributed by atoms with E-state index in [0.29, 0.717) is 13.1 Å². The Morgan fingerprint density at radius 3 is 2.36 bits per heavy atom. The van der Waals surface area contributed by atoms with Gasteiger partial charge in [0.15, 0.2) is 6.54 Å². The van der Waals surface area contributed by atoms with Gasteiger partial charge in [-0.25, -0.2) is 0 Å². The van der Waals surface area contributed by atoms with Crippen molar-refractivity contribution in [3.05, 3.63) is 54.1 Å². The second-order valence-corrected chi connectivity index (χ2v) is 7.22. The van der Waals surface area contributed by atoms with E-state index in [1.165, 1.54) is 10.6 Å². The number of ether oxygens (including phenoxy) is 2. The van der Waals surface area contributed by atoms with Crippen LogP contribution in [0.15, 0.2) is 48.5 Å². The van der Waals surface area contributed by atoms with E-state index in [1.807, 2.05) is 43.4 Å². The first-order chi connectivity index (χ1) is 13.6.